The van der Waals surface area contributed by atoms with Crippen LogP contribution in [0.25, 0.3) is 0 Å². The highest BCUT2D eigenvalue weighted by molar-refractivity contribution is 5.85. The summed E-state index contributed by atoms with van der Waals surface area (Å²) in [5.41, 5.74) is 1.92. The minimum atomic E-state index is -1.10. The SMILES string of the molecule is Cc1ccc(C)c(OCC(=O)N2C[C@H](O)C[C@@H]2C(=O)O)c1. The Labute approximate surface area is 122 Å². The third-order valence-electron chi connectivity index (χ3n) is 3.58. The van der Waals surface area contributed by atoms with Crippen molar-refractivity contribution in [2.24, 2.45) is 0 Å². The molecular weight excluding hydrogens is 274 g/mol. The number of benzene rings is 1. The van der Waals surface area contributed by atoms with E-state index in [0.717, 1.165) is 16.0 Å². The van der Waals surface area contributed by atoms with E-state index < -0.39 is 24.0 Å². The largest absolute Gasteiger partial charge is 0.483 e. The Kier molecular flexibility index (Phi) is 4.47. The number of rotatable bonds is 4. The fourth-order valence-electron chi connectivity index (χ4n) is 2.41. The molecule has 0 bridgehead atoms. The summed E-state index contributed by atoms with van der Waals surface area (Å²) in [5, 5.41) is 18.6. The summed E-state index contributed by atoms with van der Waals surface area (Å²) >= 11 is 0. The summed E-state index contributed by atoms with van der Waals surface area (Å²) in [4.78, 5) is 24.4. The van der Waals surface area contributed by atoms with Crippen LogP contribution in [-0.2, 0) is 9.59 Å². The molecule has 2 atom stereocenters. The second kappa shape index (κ2) is 6.13. The van der Waals surface area contributed by atoms with E-state index in [9.17, 15) is 14.7 Å². The van der Waals surface area contributed by atoms with Crippen molar-refractivity contribution in [2.45, 2.75) is 32.4 Å². The van der Waals surface area contributed by atoms with Gasteiger partial charge < -0.3 is 19.8 Å². The van der Waals surface area contributed by atoms with Gasteiger partial charge in [-0.2, -0.15) is 0 Å². The highest BCUT2D eigenvalue weighted by Gasteiger charge is 2.38. The van der Waals surface area contributed by atoms with Crippen LogP contribution in [0.4, 0.5) is 0 Å². The molecule has 2 N–H and O–H groups in total. The minimum Gasteiger partial charge on any atom is -0.483 e. The van der Waals surface area contributed by atoms with Gasteiger partial charge in [0.1, 0.15) is 11.8 Å². The number of hydrogen-bond acceptors (Lipinski definition) is 4. The van der Waals surface area contributed by atoms with Crippen LogP contribution in [0, 0.1) is 13.8 Å². The van der Waals surface area contributed by atoms with E-state index in [1.54, 1.807) is 0 Å². The molecule has 0 unspecified atom stereocenters. The number of amides is 1. The average Bonchev–Trinajstić information content (AvgIpc) is 2.82. The number of carbonyl (C=O) groups excluding carboxylic acids is 1. The number of β-amino-alcohol motifs (C(OH)–C–C–N with tert-alkyl or cyclic N) is 1. The standard InChI is InChI=1S/C15H19NO5/c1-9-3-4-10(2)13(5-9)21-8-14(18)16-7-11(17)6-12(16)15(19)20/h3-5,11-12,17H,6-8H2,1-2H3,(H,19,20)/t11-,12-/m1/s1. The van der Waals surface area contributed by atoms with Crippen molar-refractivity contribution in [3.8, 4) is 5.75 Å². The molecule has 6 nitrogen and oxygen atoms in total. The van der Waals surface area contributed by atoms with Crippen LogP contribution in [0.5, 0.6) is 5.75 Å². The number of nitrogens with zero attached hydrogens (tertiary/aromatic N) is 1. The van der Waals surface area contributed by atoms with E-state index in [0.29, 0.717) is 5.75 Å². The number of hydrogen-bond donors (Lipinski definition) is 2. The minimum absolute atomic E-state index is 0.0337. The number of carboxylic acid groups (broad SMARTS) is 1. The van der Waals surface area contributed by atoms with E-state index in [-0.39, 0.29) is 19.6 Å². The van der Waals surface area contributed by atoms with Crippen molar-refractivity contribution in [3.63, 3.8) is 0 Å². The van der Waals surface area contributed by atoms with Gasteiger partial charge in [0.2, 0.25) is 0 Å². The molecule has 0 spiro atoms. The molecule has 1 aromatic carbocycles. The summed E-state index contributed by atoms with van der Waals surface area (Å²) in [6, 6.07) is 4.70. The average molecular weight is 293 g/mol. The third kappa shape index (κ3) is 3.52. The first-order valence-electron chi connectivity index (χ1n) is 6.79. The molecule has 0 aromatic heterocycles. The van der Waals surface area contributed by atoms with Gasteiger partial charge in [-0.1, -0.05) is 12.1 Å². The van der Waals surface area contributed by atoms with Crippen molar-refractivity contribution in [1.29, 1.82) is 0 Å². The number of carboxylic acids is 1. The molecule has 21 heavy (non-hydrogen) atoms. The molecule has 6 heteroatoms. The first kappa shape index (κ1) is 15.3. The van der Waals surface area contributed by atoms with Gasteiger partial charge in [-0.15, -0.1) is 0 Å². The van der Waals surface area contributed by atoms with Crippen molar-refractivity contribution in [2.75, 3.05) is 13.2 Å². The Bertz CT molecular complexity index is 557. The molecule has 1 aliphatic heterocycles. The van der Waals surface area contributed by atoms with Crippen molar-refractivity contribution in [1.82, 2.24) is 4.90 Å². The summed E-state index contributed by atoms with van der Waals surface area (Å²) < 4.78 is 5.49. The number of aliphatic hydroxyl groups excluding tert-OH is 1. The molecule has 1 amide bonds. The molecular formula is C15H19NO5. The van der Waals surface area contributed by atoms with Crippen molar-refractivity contribution >= 4 is 11.9 Å². The zero-order valence-corrected chi connectivity index (χ0v) is 12.1. The Morgan fingerprint density at radius 1 is 1.38 bits per heavy atom. The van der Waals surface area contributed by atoms with Gasteiger partial charge in [0.25, 0.3) is 5.91 Å². The zero-order valence-electron chi connectivity index (χ0n) is 12.1. The van der Waals surface area contributed by atoms with Gasteiger partial charge in [0.15, 0.2) is 6.61 Å². The van der Waals surface area contributed by atoms with E-state index >= 15 is 0 Å². The zero-order chi connectivity index (χ0) is 15.6. The Morgan fingerprint density at radius 3 is 2.76 bits per heavy atom. The number of aliphatic hydroxyl groups is 1. The van der Waals surface area contributed by atoms with Crippen LogP contribution in [-0.4, -0.2) is 52.3 Å². The van der Waals surface area contributed by atoms with Gasteiger partial charge in [-0.25, -0.2) is 4.79 Å². The van der Waals surface area contributed by atoms with Crippen molar-refractivity contribution in [3.05, 3.63) is 29.3 Å². The normalized spacial score (nSPS) is 21.4. The Morgan fingerprint density at radius 2 is 2.10 bits per heavy atom. The number of likely N-dealkylation sites (tertiary alicyclic amines) is 1. The van der Waals surface area contributed by atoms with E-state index in [1.165, 1.54) is 0 Å². The molecule has 114 valence electrons. The van der Waals surface area contributed by atoms with Gasteiger partial charge in [0, 0.05) is 13.0 Å². The van der Waals surface area contributed by atoms with Gasteiger partial charge >= 0.3 is 5.97 Å². The molecule has 2 rings (SSSR count). The predicted molar refractivity (Wildman–Crippen MR) is 75.2 cm³/mol. The monoisotopic (exact) mass is 293 g/mol. The van der Waals surface area contributed by atoms with E-state index in [4.69, 9.17) is 9.84 Å². The summed E-state index contributed by atoms with van der Waals surface area (Å²) in [6.07, 6.45) is -0.736. The number of aliphatic carboxylic acids is 1. The maximum atomic E-state index is 12.1. The molecule has 1 fully saturated rings. The first-order valence-corrected chi connectivity index (χ1v) is 6.79. The Balaban J connectivity index is 2.01. The Hall–Kier alpha value is -2.08. The topological polar surface area (TPSA) is 87.1 Å². The molecule has 0 saturated carbocycles. The quantitative estimate of drug-likeness (QED) is 0.854. The smallest absolute Gasteiger partial charge is 0.326 e. The van der Waals surface area contributed by atoms with E-state index in [2.05, 4.69) is 0 Å². The lowest BCUT2D eigenvalue weighted by Crippen LogP contribution is -2.43. The predicted octanol–water partition coefficient (Wildman–Crippen LogP) is 0.729. The summed E-state index contributed by atoms with van der Waals surface area (Å²) in [6.45, 7) is 3.59. The second-order valence-electron chi connectivity index (χ2n) is 5.35. The lowest BCUT2D eigenvalue weighted by molar-refractivity contribution is -0.149. The lowest BCUT2D eigenvalue weighted by atomic mass is 10.1. The van der Waals surface area contributed by atoms with Gasteiger partial charge in [-0.05, 0) is 31.0 Å². The van der Waals surface area contributed by atoms with Crippen LogP contribution in [0.1, 0.15) is 17.5 Å². The van der Waals surface area contributed by atoms with E-state index in [1.807, 2.05) is 32.0 Å². The van der Waals surface area contributed by atoms with Crippen LogP contribution < -0.4 is 4.74 Å². The second-order valence-corrected chi connectivity index (χ2v) is 5.35. The number of ether oxygens (including phenoxy) is 1. The number of carbonyl (C=O) groups is 2. The maximum absolute atomic E-state index is 12.1. The van der Waals surface area contributed by atoms with Gasteiger partial charge in [-0.3, -0.25) is 4.79 Å². The summed E-state index contributed by atoms with van der Waals surface area (Å²) in [5.74, 6) is -0.929. The van der Waals surface area contributed by atoms with Crippen LogP contribution in [0.15, 0.2) is 18.2 Å². The van der Waals surface area contributed by atoms with Crippen LogP contribution in [0.2, 0.25) is 0 Å². The van der Waals surface area contributed by atoms with Gasteiger partial charge in [0.05, 0.1) is 6.10 Å². The van der Waals surface area contributed by atoms with Crippen LogP contribution >= 0.6 is 0 Å². The maximum Gasteiger partial charge on any atom is 0.326 e. The summed E-state index contributed by atoms with van der Waals surface area (Å²) in [7, 11) is 0. The van der Waals surface area contributed by atoms with Crippen LogP contribution in [0.3, 0.4) is 0 Å². The fraction of sp³-hybridized carbons (Fsp3) is 0.467. The highest BCUT2D eigenvalue weighted by Crippen LogP contribution is 2.21. The molecule has 0 radical (unpaired) electrons. The fourth-order valence-corrected chi connectivity index (χ4v) is 2.41. The molecule has 1 aliphatic rings. The van der Waals surface area contributed by atoms with Crippen molar-refractivity contribution < 1.29 is 24.5 Å². The molecule has 1 saturated heterocycles. The third-order valence-corrected chi connectivity index (χ3v) is 3.58. The first-order chi connectivity index (χ1) is 9.88. The molecule has 1 heterocycles. The number of aryl methyl sites for hydroxylation is 2. The molecule has 0 aliphatic carbocycles. The lowest BCUT2D eigenvalue weighted by Gasteiger charge is -2.21. The molecule has 1 aromatic rings. The highest BCUT2D eigenvalue weighted by atomic mass is 16.5.